The van der Waals surface area contributed by atoms with Gasteiger partial charge in [0, 0.05) is 32.1 Å². The molecule has 0 N–H and O–H groups in total. The molecule has 1 aromatic heterocycles. The van der Waals surface area contributed by atoms with Gasteiger partial charge in [-0.3, -0.25) is 4.98 Å². The molecule has 2 heterocycles. The second kappa shape index (κ2) is 8.61. The fourth-order valence-corrected chi connectivity index (χ4v) is 4.18. The van der Waals surface area contributed by atoms with Crippen molar-refractivity contribution in [3.8, 4) is 12.1 Å². The van der Waals surface area contributed by atoms with Crippen LogP contribution in [0.2, 0.25) is 0 Å². The summed E-state index contributed by atoms with van der Waals surface area (Å²) in [6.07, 6.45) is 2.49. The Kier molecular flexibility index (Phi) is 5.99. The van der Waals surface area contributed by atoms with Crippen molar-refractivity contribution in [1.82, 2.24) is 9.29 Å². The molecule has 28 heavy (non-hydrogen) atoms. The van der Waals surface area contributed by atoms with Crippen LogP contribution < -0.4 is 0 Å². The van der Waals surface area contributed by atoms with Gasteiger partial charge in [-0.15, -0.1) is 0 Å². The van der Waals surface area contributed by atoms with Crippen molar-refractivity contribution in [2.45, 2.75) is 24.3 Å². The zero-order chi connectivity index (χ0) is 20.0. The molecule has 2 aromatic rings. The van der Waals surface area contributed by atoms with Gasteiger partial charge in [0.05, 0.1) is 39.6 Å². The minimum atomic E-state index is -3.59. The van der Waals surface area contributed by atoms with E-state index < -0.39 is 10.0 Å². The lowest BCUT2D eigenvalue weighted by Crippen LogP contribution is -2.38. The van der Waals surface area contributed by atoms with Crippen LogP contribution in [0.1, 0.15) is 29.7 Å². The first-order chi connectivity index (χ1) is 13.5. The van der Waals surface area contributed by atoms with Gasteiger partial charge in [-0.2, -0.15) is 14.8 Å². The predicted octanol–water partition coefficient (Wildman–Crippen LogP) is 2.18. The third-order valence-electron chi connectivity index (χ3n) is 4.27. The topological polar surface area (TPSA) is 119 Å². The molecule has 0 saturated carbocycles. The number of nitriles is 2. The number of hydrogen-bond donors (Lipinski definition) is 0. The van der Waals surface area contributed by atoms with E-state index in [2.05, 4.69) is 10.1 Å². The molecule has 1 aromatic carbocycles. The van der Waals surface area contributed by atoms with E-state index in [0.717, 1.165) is 5.71 Å². The monoisotopic (exact) mass is 395 g/mol. The summed E-state index contributed by atoms with van der Waals surface area (Å²) in [5, 5.41) is 21.8. The lowest BCUT2D eigenvalue weighted by molar-refractivity contribution is 0.125. The van der Waals surface area contributed by atoms with Crippen LogP contribution in [0.25, 0.3) is 0 Å². The predicted molar refractivity (Wildman–Crippen MR) is 100 cm³/mol. The Hall–Kier alpha value is -3.27. The molecule has 0 spiro atoms. The second-order valence-electron chi connectivity index (χ2n) is 6.12. The number of oxime groups is 1. The Morgan fingerprint density at radius 3 is 2.39 bits per heavy atom. The third-order valence-corrected chi connectivity index (χ3v) is 6.19. The van der Waals surface area contributed by atoms with Gasteiger partial charge >= 0.3 is 0 Å². The first-order valence-corrected chi connectivity index (χ1v) is 10.00. The molecule has 0 amide bonds. The highest BCUT2D eigenvalue weighted by Gasteiger charge is 2.28. The highest BCUT2D eigenvalue weighted by molar-refractivity contribution is 7.89. The first-order valence-electron chi connectivity index (χ1n) is 8.56. The zero-order valence-electron chi connectivity index (χ0n) is 14.9. The van der Waals surface area contributed by atoms with E-state index in [1.807, 2.05) is 12.1 Å². The molecule has 3 rings (SSSR count). The normalized spacial score (nSPS) is 14.7. The van der Waals surface area contributed by atoms with E-state index in [1.165, 1.54) is 34.8 Å². The van der Waals surface area contributed by atoms with Gasteiger partial charge in [-0.05, 0) is 36.4 Å². The van der Waals surface area contributed by atoms with Crippen LogP contribution >= 0.6 is 0 Å². The summed E-state index contributed by atoms with van der Waals surface area (Å²) in [6, 6.07) is 13.1. The fourth-order valence-electron chi connectivity index (χ4n) is 2.74. The summed E-state index contributed by atoms with van der Waals surface area (Å²) >= 11 is 0. The van der Waals surface area contributed by atoms with E-state index in [0.29, 0.717) is 42.8 Å². The SMILES string of the molecule is N#Cc1ccc(S(=O)(=O)N2CCC(=NOCc3cc(C#N)ccn3)CC2)cc1. The van der Waals surface area contributed by atoms with Gasteiger partial charge in [0.15, 0.2) is 6.61 Å². The molecule has 0 aliphatic carbocycles. The van der Waals surface area contributed by atoms with Crippen LogP contribution in [0.3, 0.4) is 0 Å². The molecular formula is C19H17N5O3S. The van der Waals surface area contributed by atoms with E-state index in [1.54, 1.807) is 12.1 Å². The summed E-state index contributed by atoms with van der Waals surface area (Å²) < 4.78 is 26.8. The van der Waals surface area contributed by atoms with E-state index >= 15 is 0 Å². The lowest BCUT2D eigenvalue weighted by Gasteiger charge is -2.26. The average molecular weight is 395 g/mol. The van der Waals surface area contributed by atoms with Gasteiger partial charge < -0.3 is 4.84 Å². The van der Waals surface area contributed by atoms with Crippen LogP contribution in [-0.4, -0.2) is 36.5 Å². The lowest BCUT2D eigenvalue weighted by atomic mass is 10.1. The molecule has 8 nitrogen and oxygen atoms in total. The maximum atomic E-state index is 12.7. The quantitative estimate of drug-likeness (QED) is 0.716. The molecule has 142 valence electrons. The van der Waals surface area contributed by atoms with Crippen molar-refractivity contribution < 1.29 is 13.3 Å². The molecular weight excluding hydrogens is 378 g/mol. The first kappa shape index (κ1) is 19.5. The summed E-state index contributed by atoms with van der Waals surface area (Å²) in [7, 11) is -3.59. The molecule has 9 heteroatoms. The van der Waals surface area contributed by atoms with E-state index in [4.69, 9.17) is 15.4 Å². The van der Waals surface area contributed by atoms with Gasteiger partial charge in [0.25, 0.3) is 0 Å². The highest BCUT2D eigenvalue weighted by atomic mass is 32.2. The van der Waals surface area contributed by atoms with Crippen LogP contribution in [0.15, 0.2) is 52.6 Å². The average Bonchev–Trinajstić information content (AvgIpc) is 2.74. The Morgan fingerprint density at radius 1 is 1.07 bits per heavy atom. The summed E-state index contributed by atoms with van der Waals surface area (Å²) in [5.41, 5.74) is 2.30. The molecule has 0 atom stereocenters. The number of hydrogen-bond acceptors (Lipinski definition) is 7. The molecule has 1 aliphatic heterocycles. The maximum Gasteiger partial charge on any atom is 0.243 e. The maximum absolute atomic E-state index is 12.7. The zero-order valence-corrected chi connectivity index (χ0v) is 15.8. The number of aromatic nitrogens is 1. The fraction of sp³-hybridized carbons (Fsp3) is 0.263. The van der Waals surface area contributed by atoms with Crippen molar-refractivity contribution in [3.05, 3.63) is 59.4 Å². The second-order valence-corrected chi connectivity index (χ2v) is 8.06. The number of rotatable bonds is 5. The van der Waals surface area contributed by atoms with Crippen molar-refractivity contribution in [2.75, 3.05) is 13.1 Å². The smallest absolute Gasteiger partial charge is 0.243 e. The van der Waals surface area contributed by atoms with Crippen molar-refractivity contribution in [2.24, 2.45) is 5.16 Å². The highest BCUT2D eigenvalue weighted by Crippen LogP contribution is 2.20. The molecule has 0 bridgehead atoms. The Labute approximate surface area is 163 Å². The van der Waals surface area contributed by atoms with Crippen LogP contribution in [0.4, 0.5) is 0 Å². The molecule has 1 aliphatic rings. The molecule has 0 unspecified atom stereocenters. The van der Waals surface area contributed by atoms with Crippen LogP contribution in [0, 0.1) is 22.7 Å². The Balaban J connectivity index is 1.56. The van der Waals surface area contributed by atoms with Gasteiger partial charge in [-0.1, -0.05) is 5.16 Å². The van der Waals surface area contributed by atoms with E-state index in [9.17, 15) is 8.42 Å². The van der Waals surface area contributed by atoms with Gasteiger partial charge in [-0.25, -0.2) is 8.42 Å². The Morgan fingerprint density at radius 2 is 1.75 bits per heavy atom. The minimum Gasteiger partial charge on any atom is -0.389 e. The Bertz CT molecular complexity index is 1060. The van der Waals surface area contributed by atoms with Gasteiger partial charge in [0.1, 0.15) is 0 Å². The van der Waals surface area contributed by atoms with Crippen LogP contribution in [-0.2, 0) is 21.5 Å². The minimum absolute atomic E-state index is 0.145. The summed E-state index contributed by atoms with van der Waals surface area (Å²) in [4.78, 5) is 9.59. The number of benzene rings is 1. The number of nitrogens with zero attached hydrogens (tertiary/aromatic N) is 5. The van der Waals surface area contributed by atoms with Crippen LogP contribution in [0.5, 0.6) is 0 Å². The van der Waals surface area contributed by atoms with Crippen molar-refractivity contribution in [3.63, 3.8) is 0 Å². The van der Waals surface area contributed by atoms with E-state index in [-0.39, 0.29) is 11.5 Å². The molecule has 1 fully saturated rings. The van der Waals surface area contributed by atoms with Crippen molar-refractivity contribution >= 4 is 15.7 Å². The van der Waals surface area contributed by atoms with Gasteiger partial charge in [0.2, 0.25) is 10.0 Å². The van der Waals surface area contributed by atoms with Crippen molar-refractivity contribution in [1.29, 1.82) is 10.5 Å². The number of piperidine rings is 1. The molecule has 1 saturated heterocycles. The molecule has 0 radical (unpaired) electrons. The summed E-state index contributed by atoms with van der Waals surface area (Å²) in [6.45, 7) is 0.770. The largest absolute Gasteiger partial charge is 0.389 e. The standard InChI is InChI=1S/C19H17N5O3S/c20-12-15-1-3-19(4-2-15)28(25,26)24-9-6-17(7-10-24)23-27-14-18-11-16(13-21)5-8-22-18/h1-5,8,11H,6-7,9-10,14H2. The third kappa shape index (κ3) is 4.52. The number of pyridine rings is 1. The number of sulfonamides is 1. The summed E-state index contributed by atoms with van der Waals surface area (Å²) in [5.74, 6) is 0.